The number of nitrogens with one attached hydrogen (secondary N) is 2. The minimum atomic E-state index is -3.73. The van der Waals surface area contributed by atoms with E-state index >= 15 is 0 Å². The summed E-state index contributed by atoms with van der Waals surface area (Å²) in [5.74, 6) is 0.658. The molecule has 3 atom stereocenters. The van der Waals surface area contributed by atoms with Gasteiger partial charge in [0.1, 0.15) is 0 Å². The first-order valence-corrected chi connectivity index (χ1v) is 11.0. The van der Waals surface area contributed by atoms with Gasteiger partial charge in [-0.1, -0.05) is 29.4 Å². The Morgan fingerprint density at radius 2 is 1.92 bits per heavy atom. The zero-order valence-corrected chi connectivity index (χ0v) is 16.1. The van der Waals surface area contributed by atoms with E-state index in [1.807, 2.05) is 0 Å². The maximum absolute atomic E-state index is 12.5. The fourth-order valence-corrected chi connectivity index (χ4v) is 6.13. The van der Waals surface area contributed by atoms with E-state index in [0.717, 1.165) is 30.6 Å². The van der Waals surface area contributed by atoms with E-state index < -0.39 is 15.9 Å². The van der Waals surface area contributed by atoms with Crippen LogP contribution in [0.25, 0.3) is 0 Å². The summed E-state index contributed by atoms with van der Waals surface area (Å²) in [7, 11) is -3.73. The number of fused-ring (bicyclic) bond motifs is 2. The highest BCUT2D eigenvalue weighted by Gasteiger charge is 2.41. The smallest absolute Gasteiger partial charge is 0.270 e. The van der Waals surface area contributed by atoms with Gasteiger partial charge in [0.25, 0.3) is 15.9 Å². The topological polar surface area (TPSA) is 101 Å². The molecule has 0 aliphatic heterocycles. The van der Waals surface area contributed by atoms with Crippen molar-refractivity contribution in [2.45, 2.75) is 36.1 Å². The van der Waals surface area contributed by atoms with Crippen LogP contribution in [0.2, 0.25) is 5.02 Å². The molecule has 7 nitrogen and oxygen atoms in total. The number of sulfonamides is 1. The standard InChI is InChI=1S/C16H17ClN4O3S2/c17-12-5-3-10(4-6-12)14(22)18-15-19-20-16(25-15)26(23,24)21-13-8-9-1-2-11(13)7-9/h3-6,9,11,13,21H,1-2,7-8H2,(H,18,19,22)/t9-,11-,13+/m0/s1. The van der Waals surface area contributed by atoms with Gasteiger partial charge in [0.05, 0.1) is 0 Å². The normalized spacial score (nSPS) is 24.7. The Labute approximate surface area is 160 Å². The first-order valence-electron chi connectivity index (χ1n) is 8.33. The highest BCUT2D eigenvalue weighted by molar-refractivity contribution is 7.91. The van der Waals surface area contributed by atoms with E-state index in [9.17, 15) is 13.2 Å². The zero-order valence-electron chi connectivity index (χ0n) is 13.7. The van der Waals surface area contributed by atoms with Crippen LogP contribution in [0.4, 0.5) is 5.13 Å². The number of hydrogen-bond acceptors (Lipinski definition) is 6. The lowest BCUT2D eigenvalue weighted by Crippen LogP contribution is -2.38. The predicted molar refractivity (Wildman–Crippen MR) is 98.9 cm³/mol. The molecule has 2 bridgehead atoms. The molecule has 2 fully saturated rings. The molecule has 1 aromatic carbocycles. The second-order valence-corrected chi connectivity index (χ2v) is 10.0. The Hall–Kier alpha value is -1.55. The SMILES string of the molecule is O=C(Nc1nnc(S(=O)(=O)N[C@@H]2C[C@H]3CC[C@H]2C3)s1)c1ccc(Cl)cc1. The molecule has 2 aromatic rings. The Morgan fingerprint density at radius 3 is 2.58 bits per heavy atom. The molecule has 0 saturated heterocycles. The predicted octanol–water partition coefficient (Wildman–Crippen LogP) is 2.91. The number of carbonyl (C=O) groups excluding carboxylic acids is 1. The highest BCUT2D eigenvalue weighted by atomic mass is 35.5. The van der Waals surface area contributed by atoms with E-state index in [2.05, 4.69) is 20.2 Å². The number of hydrogen-bond donors (Lipinski definition) is 2. The summed E-state index contributed by atoms with van der Waals surface area (Å²) in [6.45, 7) is 0. The Kier molecular flexibility index (Phi) is 4.72. The maximum Gasteiger partial charge on any atom is 0.270 e. The molecule has 1 heterocycles. The fourth-order valence-electron chi connectivity index (χ4n) is 3.78. The van der Waals surface area contributed by atoms with Crippen molar-refractivity contribution in [3.8, 4) is 0 Å². The summed E-state index contributed by atoms with van der Waals surface area (Å²) >= 11 is 6.64. The summed E-state index contributed by atoms with van der Waals surface area (Å²) in [6.07, 6.45) is 4.27. The van der Waals surface area contributed by atoms with E-state index in [1.54, 1.807) is 24.3 Å². The zero-order chi connectivity index (χ0) is 18.3. The van der Waals surface area contributed by atoms with Gasteiger partial charge in [-0.15, -0.1) is 10.2 Å². The first-order chi connectivity index (χ1) is 12.4. The molecule has 26 heavy (non-hydrogen) atoms. The number of carbonyl (C=O) groups is 1. The van der Waals surface area contributed by atoms with Crippen molar-refractivity contribution >= 4 is 44.0 Å². The number of halogens is 1. The van der Waals surface area contributed by atoms with Crippen LogP contribution in [0, 0.1) is 11.8 Å². The third-order valence-corrected chi connectivity index (χ3v) is 7.96. The number of nitrogens with zero attached hydrogens (tertiary/aromatic N) is 2. The molecule has 0 radical (unpaired) electrons. The van der Waals surface area contributed by atoms with Crippen molar-refractivity contribution in [2.24, 2.45) is 11.8 Å². The molecular weight excluding hydrogens is 396 g/mol. The van der Waals surface area contributed by atoms with Crippen LogP contribution in [0.15, 0.2) is 28.6 Å². The lowest BCUT2D eigenvalue weighted by atomic mass is 9.96. The van der Waals surface area contributed by atoms with Crippen LogP contribution >= 0.6 is 22.9 Å². The third kappa shape index (κ3) is 3.62. The average molecular weight is 413 g/mol. The van der Waals surface area contributed by atoms with Crippen molar-refractivity contribution in [3.05, 3.63) is 34.9 Å². The van der Waals surface area contributed by atoms with Crippen molar-refractivity contribution in [1.82, 2.24) is 14.9 Å². The lowest BCUT2D eigenvalue weighted by molar-refractivity contribution is 0.102. The number of aromatic nitrogens is 2. The van der Waals surface area contributed by atoms with Crippen molar-refractivity contribution < 1.29 is 13.2 Å². The monoisotopic (exact) mass is 412 g/mol. The second-order valence-electron chi connectivity index (χ2n) is 6.74. The summed E-state index contributed by atoms with van der Waals surface area (Å²) in [5, 5.41) is 10.7. The van der Waals surface area contributed by atoms with Gasteiger partial charge in [0, 0.05) is 16.6 Å². The van der Waals surface area contributed by atoms with Crippen LogP contribution in [0.1, 0.15) is 36.0 Å². The van der Waals surface area contributed by atoms with Gasteiger partial charge in [-0.25, -0.2) is 13.1 Å². The number of benzene rings is 1. The molecule has 4 rings (SSSR count). The summed E-state index contributed by atoms with van der Waals surface area (Å²) in [4.78, 5) is 12.2. The van der Waals surface area contributed by atoms with Crippen LogP contribution < -0.4 is 10.0 Å². The molecule has 2 N–H and O–H groups in total. The molecule has 2 saturated carbocycles. The minimum Gasteiger partial charge on any atom is -0.296 e. The van der Waals surface area contributed by atoms with Gasteiger partial charge >= 0.3 is 0 Å². The molecule has 0 spiro atoms. The molecule has 0 unspecified atom stereocenters. The Morgan fingerprint density at radius 1 is 1.15 bits per heavy atom. The van der Waals surface area contributed by atoms with Gasteiger partial charge in [0.15, 0.2) is 0 Å². The van der Waals surface area contributed by atoms with Gasteiger partial charge in [-0.2, -0.15) is 0 Å². The first kappa shape index (κ1) is 17.8. The largest absolute Gasteiger partial charge is 0.296 e. The van der Waals surface area contributed by atoms with Gasteiger partial charge < -0.3 is 0 Å². The van der Waals surface area contributed by atoms with E-state index in [0.29, 0.717) is 22.4 Å². The summed E-state index contributed by atoms with van der Waals surface area (Å²) in [6, 6.07) is 6.34. The Balaban J connectivity index is 1.43. The third-order valence-electron chi connectivity index (χ3n) is 5.01. The molecule has 1 aromatic heterocycles. The van der Waals surface area contributed by atoms with Crippen molar-refractivity contribution in [1.29, 1.82) is 0 Å². The highest BCUT2D eigenvalue weighted by Crippen LogP contribution is 2.44. The second kappa shape index (κ2) is 6.88. The maximum atomic E-state index is 12.5. The van der Waals surface area contributed by atoms with E-state index in [-0.39, 0.29) is 15.5 Å². The van der Waals surface area contributed by atoms with Crippen molar-refractivity contribution in [3.63, 3.8) is 0 Å². The molecule has 2 aliphatic carbocycles. The van der Waals surface area contributed by atoms with Crippen LogP contribution in [0.3, 0.4) is 0 Å². The molecular formula is C16H17ClN4O3S2. The van der Waals surface area contributed by atoms with Crippen molar-refractivity contribution in [2.75, 3.05) is 5.32 Å². The van der Waals surface area contributed by atoms with Crippen LogP contribution in [0.5, 0.6) is 0 Å². The summed E-state index contributed by atoms with van der Waals surface area (Å²) in [5.41, 5.74) is 0.397. The lowest BCUT2D eigenvalue weighted by Gasteiger charge is -2.21. The van der Waals surface area contributed by atoms with E-state index in [1.165, 1.54) is 6.42 Å². The van der Waals surface area contributed by atoms with Gasteiger partial charge in [0.2, 0.25) is 9.47 Å². The van der Waals surface area contributed by atoms with E-state index in [4.69, 9.17) is 11.6 Å². The molecule has 1 amide bonds. The Bertz CT molecular complexity index is 929. The van der Waals surface area contributed by atoms with Crippen LogP contribution in [-0.4, -0.2) is 30.6 Å². The number of rotatable bonds is 5. The van der Waals surface area contributed by atoms with Gasteiger partial charge in [-0.3, -0.25) is 10.1 Å². The quantitative estimate of drug-likeness (QED) is 0.735. The average Bonchev–Trinajstić information content (AvgIpc) is 3.32. The number of anilines is 1. The molecule has 138 valence electrons. The fraction of sp³-hybridized carbons (Fsp3) is 0.438. The minimum absolute atomic E-state index is 0.0187. The van der Waals surface area contributed by atoms with Gasteiger partial charge in [-0.05, 0) is 55.4 Å². The summed E-state index contributed by atoms with van der Waals surface area (Å²) < 4.78 is 27.7. The molecule has 10 heteroatoms. The molecule has 2 aliphatic rings. The number of amides is 1. The van der Waals surface area contributed by atoms with Crippen LogP contribution in [-0.2, 0) is 10.0 Å².